The molecule has 1 aromatic heterocycles. The maximum Gasteiger partial charge on any atom is 0.178 e. The van der Waals surface area contributed by atoms with Gasteiger partial charge in [0, 0.05) is 11.1 Å². The molecule has 0 atom stereocenters. The molecule has 2 aromatic rings. The number of imidazole rings is 1. The van der Waals surface area contributed by atoms with Gasteiger partial charge in [0.2, 0.25) is 0 Å². The number of aromatic amines is 1. The Balaban J connectivity index is 1.89. The van der Waals surface area contributed by atoms with Crippen LogP contribution in [0.1, 0.15) is 51.5 Å². The molecule has 1 N–H and O–H groups in total. The number of halogens is 1. The number of benzene rings is 1. The van der Waals surface area contributed by atoms with Crippen LogP contribution in [0.15, 0.2) is 18.2 Å². The number of H-pyrrole nitrogens is 1. The largest absolute Gasteiger partial charge is 0.331 e. The summed E-state index contributed by atoms with van der Waals surface area (Å²) in [6.45, 7) is 2.28. The molecule has 0 amide bonds. The van der Waals surface area contributed by atoms with Crippen LogP contribution < -0.4 is 0 Å². The van der Waals surface area contributed by atoms with Crippen LogP contribution in [0.3, 0.4) is 0 Å². The van der Waals surface area contributed by atoms with Crippen molar-refractivity contribution in [2.24, 2.45) is 5.92 Å². The lowest BCUT2D eigenvalue weighted by molar-refractivity contribution is 0.264. The van der Waals surface area contributed by atoms with Crippen LogP contribution in [0.2, 0.25) is 5.02 Å². The highest BCUT2D eigenvalue weighted by atomic mass is 35.5. The zero-order chi connectivity index (χ0) is 14.1. The van der Waals surface area contributed by atoms with E-state index < -0.39 is 0 Å². The fourth-order valence-corrected chi connectivity index (χ4v) is 4.08. The maximum atomic E-state index is 6.14. The number of nitrogens with one attached hydrogen (secondary N) is 1. The third kappa shape index (κ3) is 2.66. The quantitative estimate of drug-likeness (QED) is 0.702. The van der Waals surface area contributed by atoms with Gasteiger partial charge in [-0.05, 0) is 62.0 Å². The van der Waals surface area contributed by atoms with E-state index in [0.29, 0.717) is 6.04 Å². The molecular weight excluding hydrogens is 288 g/mol. The molecule has 1 heterocycles. The average molecular weight is 309 g/mol. The van der Waals surface area contributed by atoms with Crippen molar-refractivity contribution in [2.45, 2.75) is 51.5 Å². The van der Waals surface area contributed by atoms with Crippen molar-refractivity contribution in [2.75, 3.05) is 0 Å². The minimum atomic E-state index is 0.530. The second-order valence-corrected chi connectivity index (χ2v) is 6.75. The van der Waals surface area contributed by atoms with Gasteiger partial charge in [-0.3, -0.25) is 0 Å². The second kappa shape index (κ2) is 5.90. The lowest BCUT2D eigenvalue weighted by Crippen LogP contribution is -2.18. The van der Waals surface area contributed by atoms with Crippen LogP contribution in [0.4, 0.5) is 0 Å². The zero-order valence-electron chi connectivity index (χ0n) is 11.9. The smallest absolute Gasteiger partial charge is 0.178 e. The first kappa shape index (κ1) is 14.2. The number of hydrogen-bond acceptors (Lipinski definition) is 1. The minimum Gasteiger partial charge on any atom is -0.331 e. The van der Waals surface area contributed by atoms with E-state index in [9.17, 15) is 0 Å². The SMILES string of the molecule is CCCC1CCC(n2c(=S)[nH]c3ccc(Cl)cc32)CC1. The summed E-state index contributed by atoms with van der Waals surface area (Å²) >= 11 is 11.7. The molecule has 1 fully saturated rings. The molecule has 0 radical (unpaired) electrons. The Bertz CT molecular complexity index is 650. The number of nitrogens with zero attached hydrogens (tertiary/aromatic N) is 1. The summed E-state index contributed by atoms with van der Waals surface area (Å²) in [7, 11) is 0. The Hall–Kier alpha value is -0.800. The number of aromatic nitrogens is 2. The molecule has 0 spiro atoms. The molecule has 0 saturated heterocycles. The summed E-state index contributed by atoms with van der Waals surface area (Å²) in [5, 5.41) is 0.778. The van der Waals surface area contributed by atoms with Crippen LogP contribution in [-0.2, 0) is 0 Å². The van der Waals surface area contributed by atoms with Crippen LogP contribution >= 0.6 is 23.8 Å². The minimum absolute atomic E-state index is 0.530. The van der Waals surface area contributed by atoms with Gasteiger partial charge in [0.15, 0.2) is 4.77 Å². The van der Waals surface area contributed by atoms with Gasteiger partial charge in [0.25, 0.3) is 0 Å². The van der Waals surface area contributed by atoms with Crippen molar-refractivity contribution in [1.82, 2.24) is 9.55 Å². The van der Waals surface area contributed by atoms with E-state index in [1.165, 1.54) is 38.5 Å². The van der Waals surface area contributed by atoms with Gasteiger partial charge in [-0.25, -0.2) is 0 Å². The predicted octanol–water partition coefficient (Wildman–Crippen LogP) is 5.88. The van der Waals surface area contributed by atoms with Gasteiger partial charge in [-0.1, -0.05) is 31.4 Å². The first-order valence-corrected chi connectivity index (χ1v) is 8.37. The molecule has 0 aliphatic heterocycles. The van der Waals surface area contributed by atoms with E-state index in [-0.39, 0.29) is 0 Å². The predicted molar refractivity (Wildman–Crippen MR) is 88.0 cm³/mol. The summed E-state index contributed by atoms with van der Waals surface area (Å²) in [4.78, 5) is 3.31. The summed E-state index contributed by atoms with van der Waals surface area (Å²) < 4.78 is 3.12. The highest BCUT2D eigenvalue weighted by Gasteiger charge is 2.23. The maximum absolute atomic E-state index is 6.14. The molecule has 108 valence electrons. The Morgan fingerprint density at radius 2 is 2.05 bits per heavy atom. The van der Waals surface area contributed by atoms with E-state index >= 15 is 0 Å². The second-order valence-electron chi connectivity index (χ2n) is 5.92. The van der Waals surface area contributed by atoms with Crippen molar-refractivity contribution in [1.29, 1.82) is 0 Å². The normalized spacial score (nSPS) is 23.3. The van der Waals surface area contributed by atoms with Gasteiger partial charge >= 0.3 is 0 Å². The van der Waals surface area contributed by atoms with Gasteiger partial charge in [0.05, 0.1) is 11.0 Å². The van der Waals surface area contributed by atoms with Crippen molar-refractivity contribution < 1.29 is 0 Å². The molecule has 3 rings (SSSR count). The molecule has 2 nitrogen and oxygen atoms in total. The molecular formula is C16H21ClN2S. The average Bonchev–Trinajstić information content (AvgIpc) is 2.76. The Morgan fingerprint density at radius 1 is 1.30 bits per heavy atom. The Labute approximate surface area is 130 Å². The molecule has 0 unspecified atom stereocenters. The molecule has 20 heavy (non-hydrogen) atoms. The van der Waals surface area contributed by atoms with Crippen molar-refractivity contribution in [3.63, 3.8) is 0 Å². The van der Waals surface area contributed by atoms with E-state index in [1.54, 1.807) is 0 Å². The molecule has 0 bridgehead atoms. The summed E-state index contributed by atoms with van der Waals surface area (Å²) in [5.74, 6) is 0.916. The monoisotopic (exact) mass is 308 g/mol. The lowest BCUT2D eigenvalue weighted by Gasteiger charge is -2.29. The third-order valence-corrected chi connectivity index (χ3v) is 5.09. The fourth-order valence-electron chi connectivity index (χ4n) is 3.56. The zero-order valence-corrected chi connectivity index (χ0v) is 13.4. The van der Waals surface area contributed by atoms with Crippen molar-refractivity contribution >= 4 is 34.9 Å². The van der Waals surface area contributed by atoms with Gasteiger partial charge < -0.3 is 9.55 Å². The van der Waals surface area contributed by atoms with Crippen LogP contribution in [0.25, 0.3) is 11.0 Å². The standard InChI is InChI=1S/C16H21ClN2S/c1-2-3-11-4-7-13(8-5-11)19-15-10-12(17)6-9-14(15)18-16(19)20/h6,9-11,13H,2-5,7-8H2,1H3,(H,18,20). The molecule has 4 heteroatoms. The van der Waals surface area contributed by atoms with E-state index in [2.05, 4.69) is 16.5 Å². The summed E-state index contributed by atoms with van der Waals surface area (Å²) in [6, 6.07) is 6.49. The third-order valence-electron chi connectivity index (χ3n) is 4.56. The highest BCUT2D eigenvalue weighted by Crippen LogP contribution is 2.36. The van der Waals surface area contributed by atoms with Gasteiger partial charge in [0.1, 0.15) is 0 Å². The molecule has 1 aromatic carbocycles. The van der Waals surface area contributed by atoms with Gasteiger partial charge in [-0.2, -0.15) is 0 Å². The number of hydrogen-bond donors (Lipinski definition) is 1. The van der Waals surface area contributed by atoms with Crippen LogP contribution in [0, 0.1) is 10.7 Å². The Kier molecular flexibility index (Phi) is 4.18. The number of fused-ring (bicyclic) bond motifs is 1. The highest BCUT2D eigenvalue weighted by molar-refractivity contribution is 7.71. The van der Waals surface area contributed by atoms with Crippen LogP contribution in [0.5, 0.6) is 0 Å². The Morgan fingerprint density at radius 3 is 2.75 bits per heavy atom. The van der Waals surface area contributed by atoms with Crippen LogP contribution in [-0.4, -0.2) is 9.55 Å². The first-order chi connectivity index (χ1) is 9.69. The first-order valence-electron chi connectivity index (χ1n) is 7.58. The summed E-state index contributed by atoms with van der Waals surface area (Å²) in [5.41, 5.74) is 2.25. The summed E-state index contributed by atoms with van der Waals surface area (Å²) in [6.07, 6.45) is 7.80. The number of rotatable bonds is 3. The van der Waals surface area contributed by atoms with Crippen molar-refractivity contribution in [3.05, 3.63) is 28.0 Å². The van der Waals surface area contributed by atoms with E-state index in [1.807, 2.05) is 18.2 Å². The van der Waals surface area contributed by atoms with Crippen molar-refractivity contribution in [3.8, 4) is 0 Å². The molecule has 1 aliphatic rings. The molecule has 1 saturated carbocycles. The van der Waals surface area contributed by atoms with E-state index in [0.717, 1.165) is 26.7 Å². The van der Waals surface area contributed by atoms with Gasteiger partial charge in [-0.15, -0.1) is 0 Å². The molecule has 1 aliphatic carbocycles. The van der Waals surface area contributed by atoms with E-state index in [4.69, 9.17) is 23.8 Å². The fraction of sp³-hybridized carbons (Fsp3) is 0.562. The lowest BCUT2D eigenvalue weighted by atomic mass is 9.83. The topological polar surface area (TPSA) is 20.7 Å².